The van der Waals surface area contributed by atoms with E-state index in [0.29, 0.717) is 12.1 Å². The van der Waals surface area contributed by atoms with E-state index in [1.165, 1.54) is 0 Å². The van der Waals surface area contributed by atoms with Gasteiger partial charge in [0, 0.05) is 5.96 Å². The Morgan fingerprint density at radius 2 is 1.47 bits per heavy atom. The van der Waals surface area contributed by atoms with Crippen molar-refractivity contribution in [3.63, 3.8) is 0 Å². The molecule has 0 heterocycles. The standard InChI is InChI=1S/C9H20N3.2CH3.Ru/c1-7(2)10-9(12(5)6)11-8(3)4;;;/h7-8H,1-6H3;2*1H3;/q3*-1;+3. The maximum Gasteiger partial charge on any atom is 3.00 e. The minimum absolute atomic E-state index is 0. The smallest absolute Gasteiger partial charge is 0.432 e. The second-order valence-electron chi connectivity index (χ2n) is 3.64. The molecule has 0 N–H and O–H groups in total. The zero-order valence-corrected chi connectivity index (χ0v) is 13.1. The molecule has 0 aromatic carbocycles. The molecule has 0 amide bonds. The molecule has 1 radical (unpaired) electrons. The average Bonchev–Trinajstić information content (AvgIpc) is 1.83. The van der Waals surface area contributed by atoms with E-state index in [4.69, 9.17) is 0 Å². The molecule has 3 nitrogen and oxygen atoms in total. The molecule has 0 fully saturated rings. The van der Waals surface area contributed by atoms with Gasteiger partial charge in [0.1, 0.15) is 0 Å². The van der Waals surface area contributed by atoms with Gasteiger partial charge in [-0.3, -0.25) is 0 Å². The third kappa shape index (κ3) is 13.9. The molecule has 15 heavy (non-hydrogen) atoms. The second kappa shape index (κ2) is 12.0. The summed E-state index contributed by atoms with van der Waals surface area (Å²) >= 11 is 0. The SMILES string of the molecule is CC(C)N=C([N-]C(C)C)N(C)C.[CH3-].[CH3-].[Ru+3]. The van der Waals surface area contributed by atoms with Crippen molar-refractivity contribution in [2.45, 2.75) is 39.8 Å². The van der Waals surface area contributed by atoms with Gasteiger partial charge >= 0.3 is 19.5 Å². The van der Waals surface area contributed by atoms with Crippen LogP contribution >= 0.6 is 0 Å². The molecule has 0 aliphatic heterocycles. The van der Waals surface area contributed by atoms with Gasteiger partial charge in [-0.1, -0.05) is 27.7 Å². The van der Waals surface area contributed by atoms with Crippen LogP contribution in [0.25, 0.3) is 5.32 Å². The van der Waals surface area contributed by atoms with Crippen molar-refractivity contribution in [2.75, 3.05) is 14.1 Å². The van der Waals surface area contributed by atoms with Crippen LogP contribution in [-0.2, 0) is 19.5 Å². The van der Waals surface area contributed by atoms with Gasteiger partial charge in [-0.05, 0) is 26.2 Å². The summed E-state index contributed by atoms with van der Waals surface area (Å²) in [6, 6.07) is 0.620. The van der Waals surface area contributed by atoms with Crippen LogP contribution in [0.1, 0.15) is 27.7 Å². The van der Waals surface area contributed by atoms with Gasteiger partial charge < -0.3 is 30.1 Å². The Morgan fingerprint density at radius 1 is 1.07 bits per heavy atom. The first-order chi connectivity index (χ1) is 5.43. The Hall–Kier alpha value is -0.107. The summed E-state index contributed by atoms with van der Waals surface area (Å²) in [5.41, 5.74) is 0. The number of guanidine groups is 1. The predicted molar refractivity (Wildman–Crippen MR) is 67.6 cm³/mol. The zero-order valence-electron chi connectivity index (χ0n) is 11.3. The van der Waals surface area contributed by atoms with Crippen LogP contribution in [0.2, 0.25) is 0 Å². The van der Waals surface area contributed by atoms with Crippen molar-refractivity contribution < 1.29 is 19.5 Å². The minimum atomic E-state index is 0. The van der Waals surface area contributed by atoms with Crippen LogP contribution in [0, 0.1) is 14.9 Å². The molecule has 0 aliphatic rings. The fourth-order valence-corrected chi connectivity index (χ4v) is 0.726. The van der Waals surface area contributed by atoms with Crippen molar-refractivity contribution in [1.29, 1.82) is 0 Å². The summed E-state index contributed by atoms with van der Waals surface area (Å²) in [5, 5.41) is 4.39. The molecule has 93 valence electrons. The van der Waals surface area contributed by atoms with E-state index >= 15 is 0 Å². The molecule has 0 saturated heterocycles. The molecule has 0 saturated carbocycles. The molecular weight excluding hydrogens is 275 g/mol. The van der Waals surface area contributed by atoms with E-state index in [0.717, 1.165) is 5.96 Å². The van der Waals surface area contributed by atoms with E-state index < -0.39 is 0 Å². The number of hydrogen-bond acceptors (Lipinski definition) is 1. The summed E-state index contributed by atoms with van der Waals surface area (Å²) < 4.78 is 0. The van der Waals surface area contributed by atoms with E-state index in [2.05, 4.69) is 38.0 Å². The van der Waals surface area contributed by atoms with Crippen LogP contribution < -0.4 is 0 Å². The summed E-state index contributed by atoms with van der Waals surface area (Å²) in [6.07, 6.45) is 0. The summed E-state index contributed by atoms with van der Waals surface area (Å²) in [4.78, 5) is 6.34. The molecule has 0 unspecified atom stereocenters. The number of hydrogen-bond donors (Lipinski definition) is 0. The Bertz CT molecular complexity index is 154. The zero-order chi connectivity index (χ0) is 9.72. The van der Waals surface area contributed by atoms with E-state index in [-0.39, 0.29) is 34.3 Å². The van der Waals surface area contributed by atoms with Crippen LogP contribution in [0.3, 0.4) is 0 Å². The fraction of sp³-hybridized carbons (Fsp3) is 0.727. The van der Waals surface area contributed by atoms with Crippen molar-refractivity contribution in [2.24, 2.45) is 4.99 Å². The first kappa shape index (κ1) is 24.2. The maximum absolute atomic E-state index is 4.39. The van der Waals surface area contributed by atoms with Crippen LogP contribution in [0.15, 0.2) is 4.99 Å². The molecule has 0 bridgehead atoms. The van der Waals surface area contributed by atoms with Gasteiger partial charge in [0.2, 0.25) is 0 Å². The predicted octanol–water partition coefficient (Wildman–Crippen LogP) is 2.99. The third-order valence-electron chi connectivity index (χ3n) is 1.15. The molecule has 0 aliphatic carbocycles. The van der Waals surface area contributed by atoms with Crippen LogP contribution in [-0.4, -0.2) is 37.0 Å². The third-order valence-corrected chi connectivity index (χ3v) is 1.15. The first-order valence-corrected chi connectivity index (χ1v) is 4.39. The first-order valence-electron chi connectivity index (χ1n) is 4.39. The Balaban J connectivity index is -0.000000202. The van der Waals surface area contributed by atoms with Crippen LogP contribution in [0.4, 0.5) is 0 Å². The Kier molecular flexibility index (Phi) is 19.3. The largest absolute Gasteiger partial charge is 3.00 e. The van der Waals surface area contributed by atoms with Gasteiger partial charge in [0.25, 0.3) is 0 Å². The fourth-order valence-electron chi connectivity index (χ4n) is 0.726. The minimum Gasteiger partial charge on any atom is -0.432 e. The van der Waals surface area contributed by atoms with Crippen molar-refractivity contribution in [3.05, 3.63) is 20.2 Å². The molecule has 0 aromatic rings. The Labute approximate surface area is 109 Å². The van der Waals surface area contributed by atoms with Crippen LogP contribution in [0.5, 0.6) is 0 Å². The van der Waals surface area contributed by atoms with Gasteiger partial charge in [-0.25, -0.2) is 0 Å². The van der Waals surface area contributed by atoms with Gasteiger partial charge in [-0.15, -0.1) is 0 Å². The topological polar surface area (TPSA) is 29.7 Å². The van der Waals surface area contributed by atoms with Gasteiger partial charge in [-0.2, -0.15) is 0 Å². The second-order valence-corrected chi connectivity index (χ2v) is 3.64. The number of nitrogens with zero attached hydrogens (tertiary/aromatic N) is 3. The molecule has 0 rings (SSSR count). The quantitative estimate of drug-likeness (QED) is 0.334. The van der Waals surface area contributed by atoms with Crippen molar-refractivity contribution in [3.8, 4) is 0 Å². The van der Waals surface area contributed by atoms with Crippen molar-refractivity contribution in [1.82, 2.24) is 4.90 Å². The molecule has 0 aromatic heterocycles. The summed E-state index contributed by atoms with van der Waals surface area (Å²) in [7, 11) is 3.93. The molecule has 4 heteroatoms. The van der Waals surface area contributed by atoms with Gasteiger partial charge in [0.05, 0.1) is 0 Å². The summed E-state index contributed by atoms with van der Waals surface area (Å²) in [5.74, 6) is 0.833. The monoisotopic (exact) mass is 302 g/mol. The maximum atomic E-state index is 4.39. The molecular formula is C11H26N3Ru. The Morgan fingerprint density at radius 3 is 1.67 bits per heavy atom. The average molecular weight is 301 g/mol. The van der Waals surface area contributed by atoms with E-state index in [1.54, 1.807) is 0 Å². The van der Waals surface area contributed by atoms with Crippen molar-refractivity contribution >= 4 is 5.96 Å². The molecule has 0 spiro atoms. The summed E-state index contributed by atoms with van der Waals surface area (Å²) in [6.45, 7) is 8.22. The normalized spacial score (nSPS) is 10.0. The van der Waals surface area contributed by atoms with E-state index in [9.17, 15) is 0 Å². The number of aliphatic imine (C=N–C) groups is 1. The molecule has 0 atom stereocenters. The van der Waals surface area contributed by atoms with E-state index in [1.807, 2.05) is 19.0 Å². The van der Waals surface area contributed by atoms with Gasteiger partial charge in [0.15, 0.2) is 0 Å². The number of rotatable bonds is 2.